The molecule has 2 aromatic rings. The summed E-state index contributed by atoms with van der Waals surface area (Å²) in [6.07, 6.45) is 6.29. The van der Waals surface area contributed by atoms with Gasteiger partial charge in [0, 0.05) is 6.54 Å². The van der Waals surface area contributed by atoms with Crippen molar-refractivity contribution >= 4 is 17.8 Å². The molecular formula is C27H25NO4. The molecule has 2 saturated carbocycles. The molecule has 2 bridgehead atoms. The average molecular weight is 428 g/mol. The molecule has 0 spiro atoms. The van der Waals surface area contributed by atoms with E-state index in [4.69, 9.17) is 4.74 Å². The largest absolute Gasteiger partial charge is 0.426 e. The van der Waals surface area contributed by atoms with Crippen molar-refractivity contribution < 1.29 is 19.1 Å². The highest BCUT2D eigenvalue weighted by atomic mass is 16.5. The van der Waals surface area contributed by atoms with Crippen molar-refractivity contribution in [3.63, 3.8) is 0 Å². The average Bonchev–Trinajstić information content (AvgIpc) is 3.59. The van der Waals surface area contributed by atoms with Gasteiger partial charge in [-0.25, -0.2) is 0 Å². The fourth-order valence-electron chi connectivity index (χ4n) is 6.13. The quantitative estimate of drug-likeness (QED) is 0.306. The molecule has 2 aromatic carbocycles. The number of nitrogens with zero attached hydrogens (tertiary/aromatic N) is 1. The van der Waals surface area contributed by atoms with Gasteiger partial charge in [0.2, 0.25) is 11.8 Å². The van der Waals surface area contributed by atoms with Crippen LogP contribution in [0.4, 0.5) is 0 Å². The molecule has 162 valence electrons. The Morgan fingerprint density at radius 3 is 2.06 bits per heavy atom. The summed E-state index contributed by atoms with van der Waals surface area (Å²) in [4.78, 5) is 39.7. The number of carbonyl (C=O) groups excluding carboxylic acids is 3. The third-order valence-corrected chi connectivity index (χ3v) is 7.70. The van der Waals surface area contributed by atoms with E-state index < -0.39 is 5.97 Å². The van der Waals surface area contributed by atoms with E-state index in [0.29, 0.717) is 17.6 Å². The summed E-state index contributed by atoms with van der Waals surface area (Å²) < 4.78 is 5.45. The normalized spacial score (nSPS) is 31.4. The highest BCUT2D eigenvalue weighted by molar-refractivity contribution is 6.06. The van der Waals surface area contributed by atoms with Crippen molar-refractivity contribution in [1.82, 2.24) is 4.90 Å². The zero-order valence-electron chi connectivity index (χ0n) is 17.7. The lowest BCUT2D eigenvalue weighted by molar-refractivity contribution is -0.141. The lowest BCUT2D eigenvalue weighted by Gasteiger charge is -2.37. The van der Waals surface area contributed by atoms with E-state index in [1.165, 1.54) is 10.5 Å². The fraction of sp³-hybridized carbons (Fsp3) is 0.370. The molecule has 6 atom stereocenters. The van der Waals surface area contributed by atoms with Crippen LogP contribution < -0.4 is 4.74 Å². The van der Waals surface area contributed by atoms with Crippen LogP contribution in [0.15, 0.2) is 66.7 Å². The van der Waals surface area contributed by atoms with Crippen LogP contribution in [-0.2, 0) is 20.8 Å². The van der Waals surface area contributed by atoms with Gasteiger partial charge >= 0.3 is 5.97 Å². The van der Waals surface area contributed by atoms with Crippen LogP contribution >= 0.6 is 0 Å². The van der Waals surface area contributed by atoms with Crippen molar-refractivity contribution in [2.24, 2.45) is 35.5 Å². The summed E-state index contributed by atoms with van der Waals surface area (Å²) in [5.74, 6) is 1.00. The molecule has 1 aliphatic heterocycles. The zero-order chi connectivity index (χ0) is 21.8. The van der Waals surface area contributed by atoms with Crippen molar-refractivity contribution in [2.75, 3.05) is 6.54 Å². The number of ether oxygens (including phenoxy) is 1. The van der Waals surface area contributed by atoms with E-state index in [2.05, 4.69) is 24.3 Å². The number of hydrogen-bond acceptors (Lipinski definition) is 4. The summed E-state index contributed by atoms with van der Waals surface area (Å²) in [6.45, 7) is 0.102. The summed E-state index contributed by atoms with van der Waals surface area (Å²) in [5, 5.41) is 0. The summed E-state index contributed by atoms with van der Waals surface area (Å²) >= 11 is 0. The first-order valence-corrected chi connectivity index (χ1v) is 11.5. The molecule has 0 radical (unpaired) electrons. The van der Waals surface area contributed by atoms with Gasteiger partial charge in [-0.3, -0.25) is 19.3 Å². The molecule has 4 aliphatic carbocycles. The number of hydrogen-bond donors (Lipinski definition) is 0. The highest BCUT2D eigenvalue weighted by Gasteiger charge is 2.66. The summed E-state index contributed by atoms with van der Waals surface area (Å²) in [5.41, 5.74) is 2.35. The first-order chi connectivity index (χ1) is 15.6. The van der Waals surface area contributed by atoms with Gasteiger partial charge in [-0.1, -0.05) is 54.6 Å². The van der Waals surface area contributed by atoms with Gasteiger partial charge in [0.15, 0.2) is 0 Å². The first kappa shape index (κ1) is 19.5. The van der Waals surface area contributed by atoms with E-state index in [1.807, 2.05) is 30.3 Å². The number of amides is 2. The minimum absolute atomic E-state index is 0.0122. The van der Waals surface area contributed by atoms with E-state index in [9.17, 15) is 14.4 Å². The van der Waals surface area contributed by atoms with Crippen LogP contribution in [0, 0.1) is 35.5 Å². The Kier molecular flexibility index (Phi) is 4.53. The number of imide groups is 1. The highest BCUT2D eigenvalue weighted by Crippen LogP contribution is 2.65. The third-order valence-electron chi connectivity index (χ3n) is 7.70. The Balaban J connectivity index is 1.05. The second-order valence-corrected chi connectivity index (χ2v) is 9.51. The summed E-state index contributed by atoms with van der Waals surface area (Å²) in [6, 6.07) is 17.6. The number of esters is 1. The van der Waals surface area contributed by atoms with Crippen molar-refractivity contribution in [3.05, 3.63) is 77.9 Å². The van der Waals surface area contributed by atoms with Crippen molar-refractivity contribution in [2.45, 2.75) is 19.3 Å². The van der Waals surface area contributed by atoms with Crippen LogP contribution in [0.3, 0.4) is 0 Å². The van der Waals surface area contributed by atoms with Gasteiger partial charge in [0.1, 0.15) is 5.75 Å². The van der Waals surface area contributed by atoms with Gasteiger partial charge < -0.3 is 4.74 Å². The van der Waals surface area contributed by atoms with Crippen molar-refractivity contribution in [1.29, 1.82) is 0 Å². The van der Waals surface area contributed by atoms with Crippen LogP contribution in [-0.4, -0.2) is 29.2 Å². The second kappa shape index (κ2) is 7.44. The minimum atomic E-state index is -0.430. The first-order valence-electron chi connectivity index (χ1n) is 11.5. The molecule has 5 nitrogen and oxygen atoms in total. The van der Waals surface area contributed by atoms with Crippen LogP contribution in [0.5, 0.6) is 5.75 Å². The minimum Gasteiger partial charge on any atom is -0.426 e. The van der Waals surface area contributed by atoms with Gasteiger partial charge in [-0.2, -0.15) is 0 Å². The number of benzene rings is 2. The lowest BCUT2D eigenvalue weighted by atomic mass is 9.63. The van der Waals surface area contributed by atoms with Crippen molar-refractivity contribution in [3.8, 4) is 5.75 Å². The Bertz CT molecular complexity index is 1070. The van der Waals surface area contributed by atoms with Crippen LogP contribution in [0.1, 0.15) is 24.0 Å². The smallest absolute Gasteiger partial charge is 0.312 e. The molecule has 3 fully saturated rings. The SMILES string of the molecule is O=C(CCN1C(=O)[C@@H]2[C@H]3C=C[C@@H]([C@@H]4C[C@@H]34)[C@H]2C1=O)Oc1ccc(Cc2ccccc2)cc1. The molecule has 2 amide bonds. The Labute approximate surface area is 187 Å². The number of likely N-dealkylation sites (tertiary alicyclic amines) is 1. The zero-order valence-corrected chi connectivity index (χ0v) is 17.7. The van der Waals surface area contributed by atoms with Gasteiger partial charge in [-0.15, -0.1) is 0 Å². The standard InChI is InChI=1S/C27H25NO4/c29-23(32-18-8-6-17(7-9-18)14-16-4-2-1-3-5-16)12-13-28-26(30)24-19-10-11-20(22-15-21(19)22)25(24)27(28)31/h1-11,19-22,24-25H,12-15H2/t19-,20-,21-,22-,24+,25+/m0/s1. The molecule has 1 saturated heterocycles. The van der Waals surface area contributed by atoms with Gasteiger partial charge in [-0.05, 0) is 59.8 Å². The molecule has 0 aromatic heterocycles. The number of carbonyl (C=O) groups is 3. The molecule has 1 heterocycles. The molecule has 32 heavy (non-hydrogen) atoms. The fourth-order valence-corrected chi connectivity index (χ4v) is 6.13. The van der Waals surface area contributed by atoms with Crippen LogP contribution in [0.25, 0.3) is 0 Å². The maximum atomic E-state index is 13.0. The van der Waals surface area contributed by atoms with E-state index >= 15 is 0 Å². The third kappa shape index (κ3) is 3.19. The molecule has 0 unspecified atom stereocenters. The van der Waals surface area contributed by atoms with E-state index in [-0.39, 0.29) is 48.5 Å². The lowest BCUT2D eigenvalue weighted by Crippen LogP contribution is -2.40. The predicted molar refractivity (Wildman–Crippen MR) is 117 cm³/mol. The molecule has 0 N–H and O–H groups in total. The monoisotopic (exact) mass is 427 g/mol. The van der Waals surface area contributed by atoms with E-state index in [0.717, 1.165) is 18.4 Å². The van der Waals surface area contributed by atoms with E-state index in [1.54, 1.807) is 12.1 Å². The topological polar surface area (TPSA) is 63.7 Å². The van der Waals surface area contributed by atoms with Crippen LogP contribution in [0.2, 0.25) is 0 Å². The Morgan fingerprint density at radius 1 is 0.844 bits per heavy atom. The molecule has 5 heteroatoms. The second-order valence-electron chi connectivity index (χ2n) is 9.51. The number of rotatable bonds is 6. The maximum absolute atomic E-state index is 13.0. The maximum Gasteiger partial charge on any atom is 0.312 e. The summed E-state index contributed by atoms with van der Waals surface area (Å²) in [7, 11) is 0. The van der Waals surface area contributed by atoms with Gasteiger partial charge in [0.05, 0.1) is 18.3 Å². The Hall–Kier alpha value is -3.21. The molecule has 5 aliphatic rings. The molecule has 7 rings (SSSR count). The number of allylic oxidation sites excluding steroid dienone is 2. The van der Waals surface area contributed by atoms with Gasteiger partial charge in [0.25, 0.3) is 0 Å². The molecular weight excluding hydrogens is 402 g/mol. The predicted octanol–water partition coefficient (Wildman–Crippen LogP) is 3.63. The Morgan fingerprint density at radius 2 is 1.44 bits per heavy atom.